The number of para-hydroxylation sites is 1. The molecule has 138 valence electrons. The Bertz CT molecular complexity index is 1140. The molecule has 8 nitrogen and oxygen atoms in total. The molecule has 4 rings (SSSR count). The molecule has 1 amide bonds. The minimum atomic E-state index is -0.363. The van der Waals surface area contributed by atoms with E-state index < -0.39 is 0 Å². The third-order valence-corrected chi connectivity index (χ3v) is 3.97. The average molecular weight is 371 g/mol. The minimum Gasteiger partial charge on any atom is -0.346 e. The van der Waals surface area contributed by atoms with Crippen LogP contribution in [0.3, 0.4) is 0 Å². The van der Waals surface area contributed by atoms with E-state index in [1.54, 1.807) is 6.08 Å². The molecule has 0 aliphatic rings. The molecule has 0 bridgehead atoms. The van der Waals surface area contributed by atoms with Crippen LogP contribution in [0.1, 0.15) is 10.6 Å². The maximum Gasteiger partial charge on any atom is 0.288 e. The van der Waals surface area contributed by atoms with Gasteiger partial charge in [-0.2, -0.15) is 4.98 Å². The van der Waals surface area contributed by atoms with E-state index in [0.29, 0.717) is 18.2 Å². The maximum absolute atomic E-state index is 12.0. The van der Waals surface area contributed by atoms with E-state index in [1.165, 1.54) is 0 Å². The fraction of sp³-hybridized carbons (Fsp3) is 0.0500. The van der Waals surface area contributed by atoms with Gasteiger partial charge in [-0.05, 0) is 12.1 Å². The fourth-order valence-electron chi connectivity index (χ4n) is 2.66. The van der Waals surface area contributed by atoms with Gasteiger partial charge >= 0.3 is 0 Å². The van der Waals surface area contributed by atoms with Crippen molar-refractivity contribution in [3.63, 3.8) is 0 Å². The van der Waals surface area contributed by atoms with Gasteiger partial charge in [-0.1, -0.05) is 48.5 Å². The van der Waals surface area contributed by atoms with E-state index in [2.05, 4.69) is 42.4 Å². The summed E-state index contributed by atoms with van der Waals surface area (Å²) in [5, 5.41) is 13.2. The highest BCUT2D eigenvalue weighted by molar-refractivity contribution is 5.93. The van der Waals surface area contributed by atoms with Gasteiger partial charge in [-0.3, -0.25) is 9.89 Å². The molecule has 2 aromatic carbocycles. The highest BCUT2D eigenvalue weighted by Gasteiger charge is 2.14. The summed E-state index contributed by atoms with van der Waals surface area (Å²) in [7, 11) is 0. The molecule has 4 aromatic rings. The molecule has 0 unspecified atom stereocenters. The topological polar surface area (TPSA) is 108 Å². The number of aromatic nitrogens is 5. The van der Waals surface area contributed by atoms with Crippen LogP contribution in [-0.4, -0.2) is 37.6 Å². The van der Waals surface area contributed by atoms with Crippen molar-refractivity contribution in [3.8, 4) is 11.4 Å². The molecule has 0 radical (unpaired) electrons. The molecule has 28 heavy (non-hydrogen) atoms. The number of aromatic amines is 1. The number of carbonyl (C=O) groups excluding carboxylic acids is 1. The number of anilines is 2. The molecule has 3 N–H and O–H groups in total. The Balaban J connectivity index is 1.69. The van der Waals surface area contributed by atoms with Gasteiger partial charge in [0.1, 0.15) is 5.82 Å². The zero-order valence-electron chi connectivity index (χ0n) is 14.9. The summed E-state index contributed by atoms with van der Waals surface area (Å²) in [6.45, 7) is 3.91. The number of benzene rings is 2. The van der Waals surface area contributed by atoms with Crippen LogP contribution in [0.4, 0.5) is 11.8 Å². The van der Waals surface area contributed by atoms with Crippen LogP contribution < -0.4 is 10.6 Å². The first kappa shape index (κ1) is 17.3. The zero-order chi connectivity index (χ0) is 19.3. The van der Waals surface area contributed by atoms with E-state index in [4.69, 9.17) is 0 Å². The number of amides is 1. The number of fused-ring (bicyclic) bond motifs is 1. The molecule has 2 heterocycles. The van der Waals surface area contributed by atoms with Gasteiger partial charge in [0.25, 0.3) is 5.91 Å². The average Bonchev–Trinajstić information content (AvgIpc) is 3.21. The van der Waals surface area contributed by atoms with Crippen molar-refractivity contribution in [2.24, 2.45) is 0 Å². The van der Waals surface area contributed by atoms with E-state index in [0.717, 1.165) is 16.5 Å². The molecule has 8 heteroatoms. The second kappa shape index (κ2) is 7.67. The summed E-state index contributed by atoms with van der Waals surface area (Å²) in [5.41, 5.74) is 1.69. The Hall–Kier alpha value is -4.07. The van der Waals surface area contributed by atoms with E-state index in [-0.39, 0.29) is 17.7 Å². The lowest BCUT2D eigenvalue weighted by atomic mass is 10.2. The van der Waals surface area contributed by atoms with Crippen molar-refractivity contribution in [2.75, 3.05) is 11.9 Å². The molecule has 0 fully saturated rings. The summed E-state index contributed by atoms with van der Waals surface area (Å²) >= 11 is 0. The van der Waals surface area contributed by atoms with Gasteiger partial charge in [-0.15, -0.1) is 11.7 Å². The van der Waals surface area contributed by atoms with Gasteiger partial charge in [0, 0.05) is 17.5 Å². The smallest absolute Gasteiger partial charge is 0.288 e. The molecule has 0 saturated carbocycles. The number of H-pyrrole nitrogens is 1. The molecule has 0 aliphatic heterocycles. The Morgan fingerprint density at radius 1 is 1.04 bits per heavy atom. The van der Waals surface area contributed by atoms with Gasteiger partial charge in [0.15, 0.2) is 5.82 Å². The summed E-state index contributed by atoms with van der Waals surface area (Å²) in [5.74, 6) is 1.12. The molecule has 0 atom stereocenters. The van der Waals surface area contributed by atoms with Crippen LogP contribution in [0.5, 0.6) is 0 Å². The Labute approximate surface area is 160 Å². The Kier molecular flexibility index (Phi) is 4.75. The molecule has 2 aromatic heterocycles. The second-order valence-electron chi connectivity index (χ2n) is 5.91. The first-order valence-electron chi connectivity index (χ1n) is 8.65. The first-order chi connectivity index (χ1) is 13.7. The third kappa shape index (κ3) is 3.56. The first-order valence-corrected chi connectivity index (χ1v) is 8.65. The van der Waals surface area contributed by atoms with E-state index in [1.807, 2.05) is 54.6 Å². The Morgan fingerprint density at radius 2 is 1.82 bits per heavy atom. The summed E-state index contributed by atoms with van der Waals surface area (Å²) in [4.78, 5) is 25.4. The maximum atomic E-state index is 12.0. The van der Waals surface area contributed by atoms with Crippen LogP contribution in [0.2, 0.25) is 0 Å². The standard InChI is InChI=1S/C20H17N7O/c1-2-12-21-19(28)18-25-20(27-26-18)24-17-14-10-6-7-11-15(14)22-16(23-17)13-8-4-3-5-9-13/h2-11H,1,12H2,(H,21,28)(H2,22,23,24,25,26,27). The van der Waals surface area contributed by atoms with Crippen LogP contribution in [0, 0.1) is 0 Å². The van der Waals surface area contributed by atoms with Gasteiger partial charge < -0.3 is 10.6 Å². The van der Waals surface area contributed by atoms with Crippen molar-refractivity contribution < 1.29 is 4.79 Å². The van der Waals surface area contributed by atoms with E-state index in [9.17, 15) is 4.79 Å². The second-order valence-corrected chi connectivity index (χ2v) is 5.91. The summed E-state index contributed by atoms with van der Waals surface area (Å²) < 4.78 is 0. The van der Waals surface area contributed by atoms with Gasteiger partial charge in [-0.25, -0.2) is 9.97 Å². The molecule has 0 spiro atoms. The van der Waals surface area contributed by atoms with Crippen molar-refractivity contribution in [2.45, 2.75) is 0 Å². The SMILES string of the molecule is C=CCNC(=O)c1nc(Nc2nc(-c3ccccc3)nc3ccccc23)n[nH]1. The lowest BCUT2D eigenvalue weighted by Gasteiger charge is -2.08. The van der Waals surface area contributed by atoms with Gasteiger partial charge in [0.2, 0.25) is 11.8 Å². The van der Waals surface area contributed by atoms with Crippen LogP contribution in [-0.2, 0) is 0 Å². The van der Waals surface area contributed by atoms with Crippen LogP contribution >= 0.6 is 0 Å². The van der Waals surface area contributed by atoms with Crippen molar-refractivity contribution >= 4 is 28.6 Å². The van der Waals surface area contributed by atoms with Crippen LogP contribution in [0.25, 0.3) is 22.3 Å². The number of hydrogen-bond acceptors (Lipinski definition) is 6. The quantitative estimate of drug-likeness (QED) is 0.450. The largest absolute Gasteiger partial charge is 0.346 e. The van der Waals surface area contributed by atoms with Crippen molar-refractivity contribution in [1.82, 2.24) is 30.5 Å². The zero-order valence-corrected chi connectivity index (χ0v) is 14.9. The predicted molar refractivity (Wildman–Crippen MR) is 107 cm³/mol. The van der Waals surface area contributed by atoms with Crippen molar-refractivity contribution in [1.29, 1.82) is 0 Å². The highest BCUT2D eigenvalue weighted by Crippen LogP contribution is 2.26. The minimum absolute atomic E-state index is 0.103. The molecular formula is C20H17N7O. The molecule has 0 saturated heterocycles. The van der Waals surface area contributed by atoms with Crippen molar-refractivity contribution in [3.05, 3.63) is 73.1 Å². The lowest BCUT2D eigenvalue weighted by molar-refractivity contribution is 0.0948. The number of hydrogen-bond donors (Lipinski definition) is 3. The number of rotatable bonds is 6. The number of nitrogens with one attached hydrogen (secondary N) is 3. The lowest BCUT2D eigenvalue weighted by Crippen LogP contribution is -2.24. The molecular weight excluding hydrogens is 354 g/mol. The van der Waals surface area contributed by atoms with Gasteiger partial charge in [0.05, 0.1) is 5.52 Å². The van der Waals surface area contributed by atoms with Crippen LogP contribution in [0.15, 0.2) is 67.3 Å². The highest BCUT2D eigenvalue weighted by atomic mass is 16.2. The monoisotopic (exact) mass is 371 g/mol. The normalized spacial score (nSPS) is 10.6. The third-order valence-electron chi connectivity index (χ3n) is 3.97. The van der Waals surface area contributed by atoms with E-state index >= 15 is 0 Å². The molecule has 0 aliphatic carbocycles. The number of nitrogens with zero attached hydrogens (tertiary/aromatic N) is 4. The summed E-state index contributed by atoms with van der Waals surface area (Å²) in [6.07, 6.45) is 1.59. The fourth-order valence-corrected chi connectivity index (χ4v) is 2.66. The Morgan fingerprint density at radius 3 is 2.64 bits per heavy atom. The number of carbonyl (C=O) groups is 1. The predicted octanol–water partition coefficient (Wildman–Crippen LogP) is 3.07. The summed E-state index contributed by atoms with van der Waals surface area (Å²) in [6, 6.07) is 17.4.